The first-order valence-electron chi connectivity index (χ1n) is 5.81. The molecule has 3 N–H and O–H groups in total. The van der Waals surface area contributed by atoms with Crippen molar-refractivity contribution in [2.45, 2.75) is 6.42 Å². The fraction of sp³-hybridized carbons (Fsp3) is 0.0714. The molecule has 2 rings (SSSR count). The summed E-state index contributed by atoms with van der Waals surface area (Å²) in [5.74, 6) is -3.11. The number of carbonyl (C=O) groups excluding carboxylic acids is 1. The first-order chi connectivity index (χ1) is 9.58. The van der Waals surface area contributed by atoms with Gasteiger partial charge in [0.05, 0.1) is 5.69 Å². The third-order valence-corrected chi connectivity index (χ3v) is 2.71. The van der Waals surface area contributed by atoms with Gasteiger partial charge in [-0.25, -0.2) is 4.79 Å². The van der Waals surface area contributed by atoms with Crippen LogP contribution in [0.5, 0.6) is 0 Å². The molecule has 0 spiro atoms. The average molecular weight is 272 g/mol. The van der Waals surface area contributed by atoms with Crippen LogP contribution in [0, 0.1) is 0 Å². The Bertz CT molecular complexity index is 659. The minimum absolute atomic E-state index is 0.259. The van der Waals surface area contributed by atoms with E-state index in [-0.39, 0.29) is 5.69 Å². The van der Waals surface area contributed by atoms with Crippen LogP contribution in [0.4, 0.5) is 0 Å². The van der Waals surface area contributed by atoms with E-state index in [0.29, 0.717) is 12.5 Å². The summed E-state index contributed by atoms with van der Waals surface area (Å²) in [6.07, 6.45) is 6.09. The molecule has 20 heavy (non-hydrogen) atoms. The number of nitrogens with one attached hydrogen (secondary N) is 1. The molecule has 0 aliphatic rings. The number of nitrogens with zero attached hydrogens (tertiary/aromatic N) is 1. The number of hydrogen-bond acceptors (Lipinski definition) is 4. The molecule has 0 aromatic carbocycles. The zero-order valence-corrected chi connectivity index (χ0v) is 10.4. The number of aliphatic hydroxyl groups excluding tert-OH is 1. The second-order valence-electron chi connectivity index (χ2n) is 4.11. The molecule has 0 atom stereocenters. The van der Waals surface area contributed by atoms with Gasteiger partial charge in [-0.05, 0) is 35.7 Å². The SMILES string of the molecule is O=C(O)C(O)=CC(=O)c1[nH]ccc1Cc1ccncc1. The van der Waals surface area contributed by atoms with Gasteiger partial charge in [-0.15, -0.1) is 0 Å². The molecule has 0 bridgehead atoms. The van der Waals surface area contributed by atoms with Gasteiger partial charge in [-0.1, -0.05) is 0 Å². The third kappa shape index (κ3) is 3.11. The predicted molar refractivity (Wildman–Crippen MR) is 70.5 cm³/mol. The van der Waals surface area contributed by atoms with E-state index >= 15 is 0 Å². The summed E-state index contributed by atoms with van der Waals surface area (Å²) in [5, 5.41) is 17.6. The van der Waals surface area contributed by atoms with E-state index in [1.165, 1.54) is 0 Å². The number of ketones is 1. The average Bonchev–Trinajstić information content (AvgIpc) is 2.88. The highest BCUT2D eigenvalue weighted by atomic mass is 16.4. The van der Waals surface area contributed by atoms with Crippen molar-refractivity contribution in [1.82, 2.24) is 9.97 Å². The largest absolute Gasteiger partial charge is 0.502 e. The lowest BCUT2D eigenvalue weighted by molar-refractivity contribution is -0.135. The van der Waals surface area contributed by atoms with E-state index in [4.69, 9.17) is 10.2 Å². The Labute approximate surface area is 114 Å². The van der Waals surface area contributed by atoms with Crippen LogP contribution < -0.4 is 0 Å². The Morgan fingerprint density at radius 3 is 2.55 bits per heavy atom. The number of hydrogen-bond donors (Lipinski definition) is 3. The number of aromatic nitrogens is 2. The molecule has 0 aliphatic carbocycles. The van der Waals surface area contributed by atoms with Crippen molar-refractivity contribution in [3.63, 3.8) is 0 Å². The molecule has 0 unspecified atom stereocenters. The molecule has 0 amide bonds. The van der Waals surface area contributed by atoms with Crippen LogP contribution in [0.3, 0.4) is 0 Å². The summed E-state index contributed by atoms with van der Waals surface area (Å²) in [4.78, 5) is 29.0. The number of H-pyrrole nitrogens is 1. The number of rotatable bonds is 5. The number of aliphatic hydroxyl groups is 1. The smallest absolute Gasteiger partial charge is 0.371 e. The zero-order valence-electron chi connectivity index (χ0n) is 10.4. The molecule has 6 nitrogen and oxygen atoms in total. The Kier molecular flexibility index (Phi) is 3.95. The number of carboxylic acid groups (broad SMARTS) is 1. The number of carbonyl (C=O) groups is 2. The lowest BCUT2D eigenvalue weighted by Crippen LogP contribution is -2.06. The topological polar surface area (TPSA) is 103 Å². The zero-order chi connectivity index (χ0) is 14.5. The first kappa shape index (κ1) is 13.5. The summed E-state index contributed by atoms with van der Waals surface area (Å²) in [7, 11) is 0. The quantitative estimate of drug-likeness (QED) is 0.436. The highest BCUT2D eigenvalue weighted by Gasteiger charge is 2.14. The van der Waals surface area contributed by atoms with Crippen molar-refractivity contribution in [2.24, 2.45) is 0 Å². The van der Waals surface area contributed by atoms with Gasteiger partial charge >= 0.3 is 5.97 Å². The van der Waals surface area contributed by atoms with E-state index in [1.807, 2.05) is 12.1 Å². The summed E-state index contributed by atoms with van der Waals surface area (Å²) in [5.41, 5.74) is 1.95. The van der Waals surface area contributed by atoms with Crippen LogP contribution in [0.1, 0.15) is 21.6 Å². The second kappa shape index (κ2) is 5.83. The summed E-state index contributed by atoms with van der Waals surface area (Å²) in [6.45, 7) is 0. The number of aromatic amines is 1. The molecular formula is C14H12N2O4. The fourth-order valence-corrected chi connectivity index (χ4v) is 1.76. The molecule has 0 saturated heterocycles. The molecule has 0 saturated carbocycles. The Balaban J connectivity index is 2.23. The Morgan fingerprint density at radius 1 is 1.20 bits per heavy atom. The normalized spacial score (nSPS) is 11.3. The van der Waals surface area contributed by atoms with Crippen LogP contribution >= 0.6 is 0 Å². The molecule has 2 aromatic heterocycles. The number of carboxylic acids is 1. The van der Waals surface area contributed by atoms with Crippen molar-refractivity contribution in [2.75, 3.05) is 0 Å². The van der Waals surface area contributed by atoms with Crippen molar-refractivity contribution in [3.8, 4) is 0 Å². The monoisotopic (exact) mass is 272 g/mol. The van der Waals surface area contributed by atoms with Crippen LogP contribution in [0.15, 0.2) is 48.6 Å². The van der Waals surface area contributed by atoms with Gasteiger partial charge in [-0.2, -0.15) is 0 Å². The predicted octanol–water partition coefficient (Wildman–Crippen LogP) is 1.71. The van der Waals surface area contributed by atoms with Gasteiger partial charge in [0, 0.05) is 24.7 Å². The molecule has 102 valence electrons. The molecule has 0 radical (unpaired) electrons. The van der Waals surface area contributed by atoms with Crippen LogP contribution in [-0.4, -0.2) is 31.9 Å². The van der Waals surface area contributed by atoms with Gasteiger partial charge < -0.3 is 15.2 Å². The van der Waals surface area contributed by atoms with Gasteiger partial charge in [0.25, 0.3) is 0 Å². The van der Waals surface area contributed by atoms with E-state index in [0.717, 1.165) is 11.1 Å². The maximum atomic E-state index is 11.9. The van der Waals surface area contributed by atoms with Gasteiger partial charge in [0.15, 0.2) is 0 Å². The minimum atomic E-state index is -1.54. The summed E-state index contributed by atoms with van der Waals surface area (Å²) >= 11 is 0. The van der Waals surface area contributed by atoms with E-state index in [9.17, 15) is 9.59 Å². The highest BCUT2D eigenvalue weighted by Crippen LogP contribution is 2.14. The maximum Gasteiger partial charge on any atom is 0.371 e. The van der Waals surface area contributed by atoms with Crippen molar-refractivity contribution in [3.05, 3.63) is 65.4 Å². The Morgan fingerprint density at radius 2 is 1.90 bits per heavy atom. The molecule has 6 heteroatoms. The fourth-order valence-electron chi connectivity index (χ4n) is 1.76. The molecule has 2 heterocycles. The second-order valence-corrected chi connectivity index (χ2v) is 4.11. The number of allylic oxidation sites excluding steroid dienone is 1. The minimum Gasteiger partial charge on any atom is -0.502 e. The summed E-state index contributed by atoms with van der Waals surface area (Å²) < 4.78 is 0. The lowest BCUT2D eigenvalue weighted by Gasteiger charge is -2.02. The molecule has 0 fully saturated rings. The van der Waals surface area contributed by atoms with Gasteiger partial charge in [0.1, 0.15) is 0 Å². The standard InChI is InChI=1S/C14H12N2O4/c17-11(8-12(18)14(19)20)13-10(3-6-16-13)7-9-1-4-15-5-2-9/h1-6,8,16,18H,7H2,(H,19,20). The summed E-state index contributed by atoms with van der Waals surface area (Å²) in [6, 6.07) is 5.39. The highest BCUT2D eigenvalue weighted by molar-refractivity contribution is 6.07. The number of aliphatic carboxylic acids is 1. The van der Waals surface area contributed by atoms with Crippen molar-refractivity contribution < 1.29 is 19.8 Å². The van der Waals surface area contributed by atoms with Crippen LogP contribution in [0.2, 0.25) is 0 Å². The Hall–Kier alpha value is -2.89. The van der Waals surface area contributed by atoms with E-state index in [1.54, 1.807) is 24.7 Å². The van der Waals surface area contributed by atoms with Crippen molar-refractivity contribution >= 4 is 11.8 Å². The third-order valence-electron chi connectivity index (χ3n) is 2.71. The van der Waals surface area contributed by atoms with Gasteiger partial charge in [-0.3, -0.25) is 9.78 Å². The number of pyridine rings is 1. The maximum absolute atomic E-state index is 11.9. The van der Waals surface area contributed by atoms with Crippen LogP contribution in [0.25, 0.3) is 0 Å². The van der Waals surface area contributed by atoms with Crippen molar-refractivity contribution in [1.29, 1.82) is 0 Å². The van der Waals surface area contributed by atoms with Crippen LogP contribution in [-0.2, 0) is 11.2 Å². The molecule has 2 aromatic rings. The van der Waals surface area contributed by atoms with E-state index in [2.05, 4.69) is 9.97 Å². The first-order valence-corrected chi connectivity index (χ1v) is 5.81. The molecule has 0 aliphatic heterocycles. The van der Waals surface area contributed by atoms with E-state index < -0.39 is 17.5 Å². The molecular weight excluding hydrogens is 260 g/mol. The lowest BCUT2D eigenvalue weighted by atomic mass is 10.0. The van der Waals surface area contributed by atoms with Gasteiger partial charge in [0.2, 0.25) is 11.5 Å².